The van der Waals surface area contributed by atoms with Gasteiger partial charge in [0.05, 0.1) is 5.92 Å². The highest BCUT2D eigenvalue weighted by atomic mass is 79.9. The van der Waals surface area contributed by atoms with E-state index in [0.29, 0.717) is 0 Å². The number of carboxylic acid groups (broad SMARTS) is 1. The largest absolute Gasteiger partial charge is 0.481 e. The molecule has 0 saturated heterocycles. The lowest BCUT2D eigenvalue weighted by Crippen LogP contribution is -2.40. The number of halogens is 1. The van der Waals surface area contributed by atoms with Crippen molar-refractivity contribution in [2.24, 2.45) is 5.92 Å². The zero-order valence-electron chi connectivity index (χ0n) is 9.48. The predicted molar refractivity (Wildman–Crippen MR) is 65.7 cm³/mol. The van der Waals surface area contributed by atoms with E-state index in [1.807, 2.05) is 0 Å². The molecule has 1 aromatic rings. The number of amides is 1. The third-order valence-electron chi connectivity index (χ3n) is 2.46. The molecule has 1 heterocycles. The maximum Gasteiger partial charge on any atom is 0.308 e. The molecule has 1 aromatic heterocycles. The van der Waals surface area contributed by atoms with E-state index < -0.39 is 17.9 Å². The highest BCUT2D eigenvalue weighted by Crippen LogP contribution is 2.08. The summed E-state index contributed by atoms with van der Waals surface area (Å²) < 4.78 is 0.779. The molecule has 0 fully saturated rings. The van der Waals surface area contributed by atoms with Crippen LogP contribution in [0.5, 0.6) is 0 Å². The van der Waals surface area contributed by atoms with Crippen LogP contribution in [0.4, 0.5) is 0 Å². The van der Waals surface area contributed by atoms with Gasteiger partial charge in [0.2, 0.25) is 0 Å². The molecule has 0 saturated carbocycles. The van der Waals surface area contributed by atoms with Crippen molar-refractivity contribution in [2.75, 3.05) is 0 Å². The summed E-state index contributed by atoms with van der Waals surface area (Å²) >= 11 is 3.22. The Bertz CT molecular complexity index is 419. The molecular formula is C11H13BrN2O3. The standard InChI is InChI=1S/C11H13BrN2O3/c1-6(11(16)17)7(2)14-10(15)9-4-3-8(12)5-13-9/h3-7H,1-2H3,(H,14,15)(H,16,17). The summed E-state index contributed by atoms with van der Waals surface area (Å²) in [6.07, 6.45) is 1.51. The van der Waals surface area contributed by atoms with E-state index in [9.17, 15) is 9.59 Å². The number of pyridine rings is 1. The van der Waals surface area contributed by atoms with Crippen molar-refractivity contribution in [1.82, 2.24) is 10.3 Å². The molecule has 17 heavy (non-hydrogen) atoms. The summed E-state index contributed by atoms with van der Waals surface area (Å²) in [4.78, 5) is 26.4. The quantitative estimate of drug-likeness (QED) is 0.887. The lowest BCUT2D eigenvalue weighted by Gasteiger charge is -2.17. The van der Waals surface area contributed by atoms with Crippen molar-refractivity contribution in [2.45, 2.75) is 19.9 Å². The van der Waals surface area contributed by atoms with Crippen LogP contribution in [0.2, 0.25) is 0 Å². The van der Waals surface area contributed by atoms with Crippen LogP contribution in [0.1, 0.15) is 24.3 Å². The smallest absolute Gasteiger partial charge is 0.308 e. The number of hydrogen-bond acceptors (Lipinski definition) is 3. The Balaban J connectivity index is 2.66. The van der Waals surface area contributed by atoms with Crippen LogP contribution in [0, 0.1) is 5.92 Å². The number of rotatable bonds is 4. The van der Waals surface area contributed by atoms with Crippen molar-refractivity contribution in [3.8, 4) is 0 Å². The first-order valence-corrected chi connectivity index (χ1v) is 5.86. The SMILES string of the molecule is CC(NC(=O)c1ccc(Br)cn1)C(C)C(=O)O. The van der Waals surface area contributed by atoms with Gasteiger partial charge in [-0.05, 0) is 41.9 Å². The fourth-order valence-corrected chi connectivity index (χ4v) is 1.36. The molecule has 0 bridgehead atoms. The van der Waals surface area contributed by atoms with Gasteiger partial charge in [-0.25, -0.2) is 4.98 Å². The summed E-state index contributed by atoms with van der Waals surface area (Å²) in [5.74, 6) is -1.96. The second-order valence-electron chi connectivity index (χ2n) is 3.75. The molecular weight excluding hydrogens is 288 g/mol. The van der Waals surface area contributed by atoms with Crippen LogP contribution in [0.15, 0.2) is 22.8 Å². The maximum absolute atomic E-state index is 11.7. The van der Waals surface area contributed by atoms with Gasteiger partial charge < -0.3 is 10.4 Å². The van der Waals surface area contributed by atoms with Crippen LogP contribution >= 0.6 is 15.9 Å². The zero-order valence-corrected chi connectivity index (χ0v) is 11.1. The molecule has 6 heteroatoms. The lowest BCUT2D eigenvalue weighted by molar-refractivity contribution is -0.141. The predicted octanol–water partition coefficient (Wildman–Crippen LogP) is 1.68. The number of carbonyl (C=O) groups is 2. The summed E-state index contributed by atoms with van der Waals surface area (Å²) in [5.41, 5.74) is 0.262. The first-order chi connectivity index (χ1) is 7.91. The van der Waals surface area contributed by atoms with Gasteiger partial charge in [-0.1, -0.05) is 0 Å². The average Bonchev–Trinajstić information content (AvgIpc) is 2.28. The zero-order chi connectivity index (χ0) is 13.0. The van der Waals surface area contributed by atoms with Crippen molar-refractivity contribution >= 4 is 27.8 Å². The molecule has 0 aromatic carbocycles. The molecule has 92 valence electrons. The fraction of sp³-hybridized carbons (Fsp3) is 0.364. The van der Waals surface area contributed by atoms with Crippen LogP contribution in [0.3, 0.4) is 0 Å². The van der Waals surface area contributed by atoms with Gasteiger partial charge in [-0.3, -0.25) is 9.59 Å². The van der Waals surface area contributed by atoms with Gasteiger partial charge in [0, 0.05) is 16.7 Å². The Kier molecular flexibility index (Phi) is 4.62. The van der Waals surface area contributed by atoms with Gasteiger partial charge >= 0.3 is 5.97 Å². The minimum absolute atomic E-state index is 0.262. The average molecular weight is 301 g/mol. The van der Waals surface area contributed by atoms with E-state index in [0.717, 1.165) is 4.47 Å². The van der Waals surface area contributed by atoms with Crippen molar-refractivity contribution in [1.29, 1.82) is 0 Å². The van der Waals surface area contributed by atoms with Crippen LogP contribution in [-0.4, -0.2) is 28.0 Å². The van der Waals surface area contributed by atoms with Crippen molar-refractivity contribution in [3.63, 3.8) is 0 Å². The fourth-order valence-electron chi connectivity index (χ4n) is 1.13. The Labute approximate surface area is 107 Å². The first kappa shape index (κ1) is 13.6. The maximum atomic E-state index is 11.7. The first-order valence-electron chi connectivity index (χ1n) is 5.07. The Morgan fingerprint density at radius 2 is 2.06 bits per heavy atom. The number of nitrogens with one attached hydrogen (secondary N) is 1. The highest BCUT2D eigenvalue weighted by Gasteiger charge is 2.21. The lowest BCUT2D eigenvalue weighted by atomic mass is 10.0. The third-order valence-corrected chi connectivity index (χ3v) is 2.93. The second-order valence-corrected chi connectivity index (χ2v) is 4.67. The van der Waals surface area contributed by atoms with Gasteiger partial charge in [-0.2, -0.15) is 0 Å². The molecule has 5 nitrogen and oxygen atoms in total. The van der Waals surface area contributed by atoms with Gasteiger partial charge in [0.15, 0.2) is 0 Å². The molecule has 2 atom stereocenters. The topological polar surface area (TPSA) is 79.3 Å². The van der Waals surface area contributed by atoms with Crippen LogP contribution in [-0.2, 0) is 4.79 Å². The molecule has 0 aliphatic rings. The summed E-state index contributed by atoms with van der Waals surface area (Å²) in [5, 5.41) is 11.4. The van der Waals surface area contributed by atoms with Crippen molar-refractivity contribution < 1.29 is 14.7 Å². The van der Waals surface area contributed by atoms with E-state index in [1.165, 1.54) is 6.20 Å². The highest BCUT2D eigenvalue weighted by molar-refractivity contribution is 9.10. The monoisotopic (exact) mass is 300 g/mol. The number of hydrogen-bond donors (Lipinski definition) is 2. The summed E-state index contributed by atoms with van der Waals surface area (Å²) in [6.45, 7) is 3.19. The molecule has 1 rings (SSSR count). The van der Waals surface area contributed by atoms with Crippen molar-refractivity contribution in [3.05, 3.63) is 28.5 Å². The number of aliphatic carboxylic acids is 1. The second kappa shape index (κ2) is 5.77. The minimum Gasteiger partial charge on any atom is -0.481 e. The van der Waals surface area contributed by atoms with Gasteiger partial charge in [0.1, 0.15) is 5.69 Å². The normalized spacial score (nSPS) is 13.8. The van der Waals surface area contributed by atoms with E-state index in [-0.39, 0.29) is 11.6 Å². The minimum atomic E-state index is -0.943. The Morgan fingerprint density at radius 1 is 1.41 bits per heavy atom. The number of carboxylic acids is 1. The molecule has 0 spiro atoms. The van der Waals surface area contributed by atoms with Gasteiger partial charge in [-0.15, -0.1) is 0 Å². The Hall–Kier alpha value is -1.43. The molecule has 0 radical (unpaired) electrons. The van der Waals surface area contributed by atoms with E-state index in [1.54, 1.807) is 26.0 Å². The molecule has 0 aliphatic carbocycles. The van der Waals surface area contributed by atoms with E-state index in [2.05, 4.69) is 26.2 Å². The summed E-state index contributed by atoms with van der Waals surface area (Å²) in [7, 11) is 0. The van der Waals surface area contributed by atoms with Crippen LogP contribution in [0.25, 0.3) is 0 Å². The van der Waals surface area contributed by atoms with E-state index >= 15 is 0 Å². The molecule has 2 N–H and O–H groups in total. The summed E-state index contributed by atoms with van der Waals surface area (Å²) in [6, 6.07) is 2.82. The van der Waals surface area contributed by atoms with Crippen LogP contribution < -0.4 is 5.32 Å². The van der Waals surface area contributed by atoms with E-state index in [4.69, 9.17) is 5.11 Å². The molecule has 0 aliphatic heterocycles. The number of carbonyl (C=O) groups excluding carboxylic acids is 1. The Morgan fingerprint density at radius 3 is 2.53 bits per heavy atom. The number of nitrogens with zero attached hydrogens (tertiary/aromatic N) is 1. The molecule has 2 unspecified atom stereocenters. The number of aromatic nitrogens is 1. The third kappa shape index (κ3) is 3.81. The molecule has 1 amide bonds. The van der Waals surface area contributed by atoms with Gasteiger partial charge in [0.25, 0.3) is 5.91 Å².